The third-order valence-corrected chi connectivity index (χ3v) is 3.05. The lowest BCUT2D eigenvalue weighted by Crippen LogP contribution is -2.18. The zero-order chi connectivity index (χ0) is 15.2. The zero-order valence-electron chi connectivity index (χ0n) is 11.9. The van der Waals surface area contributed by atoms with Gasteiger partial charge in [-0.2, -0.15) is 0 Å². The largest absolute Gasteiger partial charge is 0.387 e. The highest BCUT2D eigenvalue weighted by Crippen LogP contribution is 2.17. The van der Waals surface area contributed by atoms with Gasteiger partial charge >= 0.3 is 0 Å². The second kappa shape index (κ2) is 6.56. The van der Waals surface area contributed by atoms with Gasteiger partial charge in [0.1, 0.15) is 0 Å². The van der Waals surface area contributed by atoms with Crippen molar-refractivity contribution in [1.82, 2.24) is 5.32 Å². The maximum Gasteiger partial charge on any atom is 0.257 e. The Bertz CT molecular complexity index is 668. The molecule has 0 aliphatic heterocycles. The van der Waals surface area contributed by atoms with Crippen molar-refractivity contribution >= 4 is 23.2 Å². The van der Waals surface area contributed by atoms with Crippen LogP contribution in [0.2, 0.25) is 0 Å². The molecule has 21 heavy (non-hydrogen) atoms. The van der Waals surface area contributed by atoms with Crippen LogP contribution >= 0.6 is 0 Å². The lowest BCUT2D eigenvalue weighted by Gasteiger charge is -2.10. The smallest absolute Gasteiger partial charge is 0.257 e. The molecule has 0 unspecified atom stereocenters. The Kier molecular flexibility index (Phi) is 4.56. The summed E-state index contributed by atoms with van der Waals surface area (Å²) in [5.41, 5.74) is 2.37. The minimum absolute atomic E-state index is 0.193. The van der Waals surface area contributed by atoms with Gasteiger partial charge < -0.3 is 16.0 Å². The van der Waals surface area contributed by atoms with E-state index in [-0.39, 0.29) is 11.8 Å². The highest BCUT2D eigenvalue weighted by atomic mass is 16.2. The van der Waals surface area contributed by atoms with E-state index in [0.717, 1.165) is 5.69 Å². The number of benzene rings is 2. The van der Waals surface area contributed by atoms with Crippen molar-refractivity contribution in [2.24, 2.45) is 0 Å². The fourth-order valence-corrected chi connectivity index (χ4v) is 1.98. The average Bonchev–Trinajstić information content (AvgIpc) is 2.54. The fourth-order valence-electron chi connectivity index (χ4n) is 1.98. The third-order valence-electron chi connectivity index (χ3n) is 3.05. The van der Waals surface area contributed by atoms with Gasteiger partial charge in [0.25, 0.3) is 11.8 Å². The van der Waals surface area contributed by atoms with E-state index in [1.165, 1.54) is 0 Å². The molecule has 5 heteroatoms. The monoisotopic (exact) mass is 283 g/mol. The van der Waals surface area contributed by atoms with Gasteiger partial charge in [-0.25, -0.2) is 0 Å². The minimum Gasteiger partial charge on any atom is -0.387 e. The Labute approximate surface area is 123 Å². The number of carbonyl (C=O) groups is 2. The molecule has 0 fully saturated rings. The van der Waals surface area contributed by atoms with E-state index in [1.54, 1.807) is 50.5 Å². The van der Waals surface area contributed by atoms with Gasteiger partial charge in [-0.3, -0.25) is 9.59 Å². The van der Waals surface area contributed by atoms with E-state index in [0.29, 0.717) is 16.8 Å². The number of anilines is 2. The van der Waals surface area contributed by atoms with Crippen molar-refractivity contribution in [3.05, 3.63) is 59.7 Å². The molecular formula is C16H17N3O2. The molecule has 2 aromatic carbocycles. The van der Waals surface area contributed by atoms with Crippen molar-refractivity contribution in [3.8, 4) is 0 Å². The normalized spacial score (nSPS) is 9.81. The van der Waals surface area contributed by atoms with Crippen LogP contribution in [-0.2, 0) is 0 Å². The Morgan fingerprint density at radius 1 is 0.905 bits per heavy atom. The SMILES string of the molecule is CNC(=O)c1cccc(NC(=O)c2ccccc2NC)c1. The Morgan fingerprint density at radius 3 is 2.38 bits per heavy atom. The molecule has 0 bridgehead atoms. The highest BCUT2D eigenvalue weighted by molar-refractivity contribution is 6.08. The van der Waals surface area contributed by atoms with Crippen LogP contribution < -0.4 is 16.0 Å². The van der Waals surface area contributed by atoms with Crippen LogP contribution in [-0.4, -0.2) is 25.9 Å². The second-order valence-corrected chi connectivity index (χ2v) is 4.41. The van der Waals surface area contributed by atoms with Crippen LogP contribution in [0.15, 0.2) is 48.5 Å². The molecule has 3 N–H and O–H groups in total. The van der Waals surface area contributed by atoms with Crippen molar-refractivity contribution in [2.75, 3.05) is 24.7 Å². The topological polar surface area (TPSA) is 70.2 Å². The predicted octanol–water partition coefficient (Wildman–Crippen LogP) is 2.34. The van der Waals surface area contributed by atoms with Crippen LogP contribution in [0.1, 0.15) is 20.7 Å². The number of rotatable bonds is 4. The van der Waals surface area contributed by atoms with Gasteiger partial charge in [0.05, 0.1) is 5.56 Å². The molecule has 108 valence electrons. The van der Waals surface area contributed by atoms with Crippen LogP contribution in [0, 0.1) is 0 Å². The average molecular weight is 283 g/mol. The van der Waals surface area contributed by atoms with Crippen molar-refractivity contribution in [3.63, 3.8) is 0 Å². The van der Waals surface area contributed by atoms with Crippen molar-refractivity contribution < 1.29 is 9.59 Å². The molecule has 0 saturated heterocycles. The number of carbonyl (C=O) groups excluding carboxylic acids is 2. The summed E-state index contributed by atoms with van der Waals surface area (Å²) < 4.78 is 0. The third kappa shape index (κ3) is 3.39. The summed E-state index contributed by atoms with van der Waals surface area (Å²) in [7, 11) is 3.33. The minimum atomic E-state index is -0.228. The van der Waals surface area contributed by atoms with E-state index >= 15 is 0 Å². The highest BCUT2D eigenvalue weighted by Gasteiger charge is 2.11. The molecule has 0 radical (unpaired) electrons. The molecule has 0 saturated carbocycles. The van der Waals surface area contributed by atoms with Crippen LogP contribution in [0.5, 0.6) is 0 Å². The lowest BCUT2D eigenvalue weighted by molar-refractivity contribution is 0.0961. The van der Waals surface area contributed by atoms with Gasteiger partial charge in [-0.15, -0.1) is 0 Å². The first-order valence-electron chi connectivity index (χ1n) is 6.56. The van der Waals surface area contributed by atoms with Crippen LogP contribution in [0.25, 0.3) is 0 Å². The standard InChI is InChI=1S/C16H17N3O2/c1-17-14-9-4-3-8-13(14)16(21)19-12-7-5-6-11(10-12)15(20)18-2/h3-10,17H,1-2H3,(H,18,20)(H,19,21). The molecule has 5 nitrogen and oxygen atoms in total. The maximum atomic E-state index is 12.3. The first-order valence-corrected chi connectivity index (χ1v) is 6.56. The van der Waals surface area contributed by atoms with Gasteiger partial charge in [0.2, 0.25) is 0 Å². The number of hydrogen-bond acceptors (Lipinski definition) is 3. The molecule has 0 atom stereocenters. The molecule has 0 heterocycles. The lowest BCUT2D eigenvalue weighted by atomic mass is 10.1. The zero-order valence-corrected chi connectivity index (χ0v) is 11.9. The number of nitrogens with one attached hydrogen (secondary N) is 3. The van der Waals surface area contributed by atoms with Gasteiger partial charge in [0, 0.05) is 31.0 Å². The molecular weight excluding hydrogens is 266 g/mol. The molecule has 0 aliphatic carbocycles. The van der Waals surface area contributed by atoms with Gasteiger partial charge in [-0.1, -0.05) is 18.2 Å². The van der Waals surface area contributed by atoms with E-state index in [1.807, 2.05) is 12.1 Å². The number of para-hydroxylation sites is 1. The predicted molar refractivity (Wildman–Crippen MR) is 83.8 cm³/mol. The number of amides is 2. The maximum absolute atomic E-state index is 12.3. The van der Waals surface area contributed by atoms with E-state index in [2.05, 4.69) is 16.0 Å². The first-order chi connectivity index (χ1) is 10.2. The van der Waals surface area contributed by atoms with E-state index < -0.39 is 0 Å². The molecule has 2 aromatic rings. The van der Waals surface area contributed by atoms with Crippen molar-refractivity contribution in [2.45, 2.75) is 0 Å². The summed E-state index contributed by atoms with van der Waals surface area (Å²) in [5, 5.41) is 8.32. The Hall–Kier alpha value is -2.82. The van der Waals surface area contributed by atoms with Gasteiger partial charge in [0.15, 0.2) is 0 Å². The summed E-state index contributed by atoms with van der Waals surface area (Å²) in [6.45, 7) is 0. The summed E-state index contributed by atoms with van der Waals surface area (Å²) in [6.07, 6.45) is 0. The summed E-state index contributed by atoms with van der Waals surface area (Å²) in [5.74, 6) is -0.421. The molecule has 0 aliphatic rings. The Morgan fingerprint density at radius 2 is 1.67 bits per heavy atom. The molecule has 0 aromatic heterocycles. The van der Waals surface area contributed by atoms with E-state index in [4.69, 9.17) is 0 Å². The molecule has 2 amide bonds. The molecule has 0 spiro atoms. The number of hydrogen-bond donors (Lipinski definition) is 3. The molecule has 2 rings (SSSR count). The quantitative estimate of drug-likeness (QED) is 0.806. The summed E-state index contributed by atoms with van der Waals surface area (Å²) in [4.78, 5) is 23.9. The van der Waals surface area contributed by atoms with Crippen LogP contribution in [0.4, 0.5) is 11.4 Å². The van der Waals surface area contributed by atoms with Crippen molar-refractivity contribution in [1.29, 1.82) is 0 Å². The Balaban J connectivity index is 2.22. The van der Waals surface area contributed by atoms with E-state index in [9.17, 15) is 9.59 Å². The second-order valence-electron chi connectivity index (χ2n) is 4.41. The fraction of sp³-hybridized carbons (Fsp3) is 0.125. The summed E-state index contributed by atoms with van der Waals surface area (Å²) in [6, 6.07) is 14.0. The first kappa shape index (κ1) is 14.6. The summed E-state index contributed by atoms with van der Waals surface area (Å²) >= 11 is 0. The van der Waals surface area contributed by atoms with Gasteiger partial charge in [-0.05, 0) is 30.3 Å². The van der Waals surface area contributed by atoms with Crippen LogP contribution in [0.3, 0.4) is 0 Å².